The normalized spacial score (nSPS) is 34.7. The Balaban J connectivity index is 2.09. The molecule has 3 unspecified atom stereocenters. The maximum Gasteiger partial charge on any atom is 0.240 e. The molecule has 0 bridgehead atoms. The lowest BCUT2D eigenvalue weighted by molar-refractivity contribution is -0.132. The van der Waals surface area contributed by atoms with Crippen LogP contribution >= 0.6 is 0 Å². The molecule has 110 valence electrons. The summed E-state index contributed by atoms with van der Waals surface area (Å²) < 4.78 is 24.0. The fraction of sp³-hybridized carbons (Fsp3) is 0.923. The summed E-state index contributed by atoms with van der Waals surface area (Å²) in [6.45, 7) is 0. The smallest absolute Gasteiger partial charge is 0.240 e. The summed E-state index contributed by atoms with van der Waals surface area (Å²) in [6.07, 6.45) is 5.93. The van der Waals surface area contributed by atoms with Crippen LogP contribution in [-0.4, -0.2) is 49.4 Å². The van der Waals surface area contributed by atoms with Crippen molar-refractivity contribution >= 4 is 15.7 Å². The van der Waals surface area contributed by atoms with Crippen LogP contribution in [0, 0.1) is 0 Å². The van der Waals surface area contributed by atoms with E-state index in [0.29, 0.717) is 12.8 Å². The predicted octanol–water partition coefficient (Wildman–Crippen LogP) is 0.682. The molecule has 0 spiro atoms. The van der Waals surface area contributed by atoms with E-state index in [1.807, 2.05) is 0 Å². The second kappa shape index (κ2) is 5.79. The first kappa shape index (κ1) is 14.8. The molecule has 1 aliphatic carbocycles. The van der Waals surface area contributed by atoms with Crippen molar-refractivity contribution in [2.75, 3.05) is 12.8 Å². The van der Waals surface area contributed by atoms with Crippen LogP contribution in [-0.2, 0) is 14.6 Å². The highest BCUT2D eigenvalue weighted by atomic mass is 32.2. The molecule has 0 aromatic rings. The van der Waals surface area contributed by atoms with Gasteiger partial charge in [0.05, 0.1) is 5.75 Å². The van der Waals surface area contributed by atoms with Crippen molar-refractivity contribution in [2.24, 2.45) is 5.73 Å². The van der Waals surface area contributed by atoms with E-state index in [1.165, 1.54) is 0 Å². The molecule has 2 aliphatic rings. The standard InChI is InChI=1S/C13H24N2O3S/c1-15(11-7-3-2-6-10(11)14)13(16)12-8-4-5-9-19(12,17)18/h10-12H,2-9,14H2,1H3. The Kier molecular flexibility index (Phi) is 4.50. The van der Waals surface area contributed by atoms with Crippen LogP contribution in [0.2, 0.25) is 0 Å². The van der Waals surface area contributed by atoms with Gasteiger partial charge in [-0.1, -0.05) is 19.3 Å². The van der Waals surface area contributed by atoms with Crippen LogP contribution in [0.3, 0.4) is 0 Å². The molecule has 1 saturated heterocycles. The van der Waals surface area contributed by atoms with Crippen molar-refractivity contribution in [2.45, 2.75) is 62.3 Å². The number of likely N-dealkylation sites (N-methyl/N-ethyl adjacent to an activating group) is 1. The fourth-order valence-corrected chi connectivity index (χ4v) is 5.13. The molecular formula is C13H24N2O3S. The van der Waals surface area contributed by atoms with Gasteiger partial charge in [0.25, 0.3) is 0 Å². The third kappa shape index (κ3) is 3.11. The Morgan fingerprint density at radius 3 is 2.37 bits per heavy atom. The second-order valence-electron chi connectivity index (χ2n) is 5.82. The van der Waals surface area contributed by atoms with Gasteiger partial charge in [-0.3, -0.25) is 4.79 Å². The monoisotopic (exact) mass is 288 g/mol. The van der Waals surface area contributed by atoms with Crippen LogP contribution in [0.1, 0.15) is 44.9 Å². The third-order valence-corrected chi connectivity index (χ3v) is 6.64. The molecular weight excluding hydrogens is 264 g/mol. The van der Waals surface area contributed by atoms with Crippen LogP contribution in [0.4, 0.5) is 0 Å². The molecule has 2 fully saturated rings. The lowest BCUT2D eigenvalue weighted by Crippen LogP contribution is -2.54. The Labute approximate surface area is 115 Å². The van der Waals surface area contributed by atoms with Crippen LogP contribution in [0.15, 0.2) is 0 Å². The van der Waals surface area contributed by atoms with Gasteiger partial charge in [-0.15, -0.1) is 0 Å². The number of amides is 1. The highest BCUT2D eigenvalue weighted by molar-refractivity contribution is 7.92. The summed E-state index contributed by atoms with van der Waals surface area (Å²) >= 11 is 0. The van der Waals surface area contributed by atoms with Gasteiger partial charge in [-0.2, -0.15) is 0 Å². The number of hydrogen-bond donors (Lipinski definition) is 1. The van der Waals surface area contributed by atoms with Gasteiger partial charge in [0, 0.05) is 19.1 Å². The first-order chi connectivity index (χ1) is 8.93. The number of hydrogen-bond acceptors (Lipinski definition) is 4. The fourth-order valence-electron chi connectivity index (χ4n) is 3.24. The highest BCUT2D eigenvalue weighted by Gasteiger charge is 2.39. The number of nitrogens with two attached hydrogens (primary N) is 1. The van der Waals surface area contributed by atoms with Crippen molar-refractivity contribution in [3.63, 3.8) is 0 Å². The first-order valence-electron chi connectivity index (χ1n) is 7.17. The van der Waals surface area contributed by atoms with Gasteiger partial charge in [0.2, 0.25) is 5.91 Å². The Bertz CT molecular complexity index is 435. The minimum absolute atomic E-state index is 0.00150. The summed E-state index contributed by atoms with van der Waals surface area (Å²) in [5.74, 6) is -0.101. The molecule has 0 radical (unpaired) electrons. The lowest BCUT2D eigenvalue weighted by atomic mass is 9.90. The number of carbonyl (C=O) groups excluding carboxylic acids is 1. The van der Waals surface area contributed by atoms with Crippen LogP contribution in [0.25, 0.3) is 0 Å². The SMILES string of the molecule is CN(C(=O)C1CCCCS1(=O)=O)C1CCCCC1N. The predicted molar refractivity (Wildman–Crippen MR) is 74.4 cm³/mol. The van der Waals surface area contributed by atoms with Crippen LogP contribution in [0.5, 0.6) is 0 Å². The van der Waals surface area contributed by atoms with Crippen molar-refractivity contribution in [3.8, 4) is 0 Å². The van der Waals surface area contributed by atoms with E-state index < -0.39 is 15.1 Å². The van der Waals surface area contributed by atoms with Crippen molar-refractivity contribution in [1.82, 2.24) is 4.90 Å². The average molecular weight is 288 g/mol. The van der Waals surface area contributed by atoms with Gasteiger partial charge in [0.15, 0.2) is 9.84 Å². The molecule has 1 heterocycles. The molecule has 3 atom stereocenters. The molecule has 0 aromatic carbocycles. The Morgan fingerprint density at radius 1 is 1.11 bits per heavy atom. The molecule has 2 rings (SSSR count). The zero-order valence-electron chi connectivity index (χ0n) is 11.5. The second-order valence-corrected chi connectivity index (χ2v) is 8.12. The molecule has 2 N–H and O–H groups in total. The van der Waals surface area contributed by atoms with Gasteiger partial charge in [-0.25, -0.2) is 8.42 Å². The van der Waals surface area contributed by atoms with E-state index in [9.17, 15) is 13.2 Å². The minimum Gasteiger partial charge on any atom is -0.340 e. The number of rotatable bonds is 2. The van der Waals surface area contributed by atoms with Crippen molar-refractivity contribution < 1.29 is 13.2 Å². The summed E-state index contributed by atoms with van der Waals surface area (Å²) in [6, 6.07) is -0.0210. The average Bonchev–Trinajstić information content (AvgIpc) is 2.37. The number of carbonyl (C=O) groups is 1. The highest BCUT2D eigenvalue weighted by Crippen LogP contribution is 2.25. The maximum absolute atomic E-state index is 12.4. The quantitative estimate of drug-likeness (QED) is 0.810. The lowest BCUT2D eigenvalue weighted by Gasteiger charge is -2.38. The maximum atomic E-state index is 12.4. The van der Waals surface area contributed by atoms with Crippen LogP contribution < -0.4 is 5.73 Å². The van der Waals surface area contributed by atoms with Gasteiger partial charge in [0.1, 0.15) is 5.25 Å². The Hall–Kier alpha value is -0.620. The molecule has 1 aliphatic heterocycles. The third-order valence-electron chi connectivity index (χ3n) is 4.48. The molecule has 6 heteroatoms. The van der Waals surface area contributed by atoms with E-state index >= 15 is 0 Å². The Morgan fingerprint density at radius 2 is 1.74 bits per heavy atom. The van der Waals surface area contributed by atoms with Crippen molar-refractivity contribution in [3.05, 3.63) is 0 Å². The largest absolute Gasteiger partial charge is 0.340 e. The topological polar surface area (TPSA) is 80.5 Å². The molecule has 19 heavy (non-hydrogen) atoms. The van der Waals surface area contributed by atoms with E-state index in [4.69, 9.17) is 5.73 Å². The molecule has 1 amide bonds. The van der Waals surface area contributed by atoms with Gasteiger partial charge in [-0.05, 0) is 25.7 Å². The summed E-state index contributed by atoms with van der Waals surface area (Å²) in [5, 5.41) is -0.833. The summed E-state index contributed by atoms with van der Waals surface area (Å²) in [4.78, 5) is 14.1. The zero-order valence-corrected chi connectivity index (χ0v) is 12.4. The zero-order chi connectivity index (χ0) is 14.0. The number of sulfone groups is 1. The first-order valence-corrected chi connectivity index (χ1v) is 8.89. The van der Waals surface area contributed by atoms with E-state index in [1.54, 1.807) is 11.9 Å². The van der Waals surface area contributed by atoms with Gasteiger partial charge < -0.3 is 10.6 Å². The minimum atomic E-state index is -3.26. The molecule has 0 aromatic heterocycles. The summed E-state index contributed by atoms with van der Waals surface area (Å²) in [7, 11) is -1.55. The van der Waals surface area contributed by atoms with E-state index in [0.717, 1.165) is 32.1 Å². The number of nitrogens with zero attached hydrogens (tertiary/aromatic N) is 1. The molecule has 1 saturated carbocycles. The van der Waals surface area contributed by atoms with E-state index in [-0.39, 0.29) is 23.7 Å². The summed E-state index contributed by atoms with van der Waals surface area (Å²) in [5.41, 5.74) is 6.07. The van der Waals surface area contributed by atoms with Crippen molar-refractivity contribution in [1.29, 1.82) is 0 Å². The van der Waals surface area contributed by atoms with Gasteiger partial charge >= 0.3 is 0 Å². The van der Waals surface area contributed by atoms with E-state index in [2.05, 4.69) is 0 Å². The molecule has 5 nitrogen and oxygen atoms in total.